The topological polar surface area (TPSA) is 78.0 Å². The number of aromatic nitrogens is 2. The Labute approximate surface area is 117 Å². The standard InChI is InChI=1S/C11H20BrN3O2S/c1-5-15-9(10(12)8(2)14-15)6-18(16,17)7-11(3,4)13/h5-7,13H2,1-4H3. The van der Waals surface area contributed by atoms with Crippen molar-refractivity contribution in [2.24, 2.45) is 5.73 Å². The lowest BCUT2D eigenvalue weighted by Crippen LogP contribution is -2.40. The van der Waals surface area contributed by atoms with Crippen LogP contribution in [0.3, 0.4) is 0 Å². The van der Waals surface area contributed by atoms with Gasteiger partial charge in [0.05, 0.1) is 27.4 Å². The zero-order valence-electron chi connectivity index (χ0n) is 11.2. The van der Waals surface area contributed by atoms with E-state index in [1.165, 1.54) is 0 Å². The van der Waals surface area contributed by atoms with Crippen LogP contribution in [0.5, 0.6) is 0 Å². The van der Waals surface area contributed by atoms with E-state index in [-0.39, 0.29) is 11.5 Å². The van der Waals surface area contributed by atoms with E-state index in [0.29, 0.717) is 12.2 Å². The van der Waals surface area contributed by atoms with Gasteiger partial charge in [-0.15, -0.1) is 0 Å². The van der Waals surface area contributed by atoms with Crippen LogP contribution < -0.4 is 5.73 Å². The Hall–Kier alpha value is -0.400. The predicted octanol–water partition coefficient (Wildman–Crippen LogP) is 1.63. The summed E-state index contributed by atoms with van der Waals surface area (Å²) in [6.45, 7) is 7.84. The Bertz CT molecular complexity index is 529. The molecule has 5 nitrogen and oxygen atoms in total. The van der Waals surface area contributed by atoms with Gasteiger partial charge in [-0.3, -0.25) is 4.68 Å². The van der Waals surface area contributed by atoms with Gasteiger partial charge in [0.25, 0.3) is 0 Å². The van der Waals surface area contributed by atoms with Gasteiger partial charge in [-0.1, -0.05) is 0 Å². The summed E-state index contributed by atoms with van der Waals surface area (Å²) < 4.78 is 26.7. The lowest BCUT2D eigenvalue weighted by atomic mass is 10.1. The molecule has 0 aliphatic heterocycles. The molecular formula is C11H20BrN3O2S. The summed E-state index contributed by atoms with van der Waals surface area (Å²) in [4.78, 5) is 0. The van der Waals surface area contributed by atoms with Crippen molar-refractivity contribution in [3.63, 3.8) is 0 Å². The van der Waals surface area contributed by atoms with Gasteiger partial charge in [0.2, 0.25) is 0 Å². The number of hydrogen-bond donors (Lipinski definition) is 1. The van der Waals surface area contributed by atoms with Crippen molar-refractivity contribution in [1.29, 1.82) is 0 Å². The fourth-order valence-electron chi connectivity index (χ4n) is 1.83. The van der Waals surface area contributed by atoms with Gasteiger partial charge in [0, 0.05) is 12.1 Å². The highest BCUT2D eigenvalue weighted by Crippen LogP contribution is 2.23. The highest BCUT2D eigenvalue weighted by Gasteiger charge is 2.25. The number of hydrogen-bond acceptors (Lipinski definition) is 4. The van der Waals surface area contributed by atoms with Crippen LogP contribution in [0.15, 0.2) is 4.47 Å². The summed E-state index contributed by atoms with van der Waals surface area (Å²) in [7, 11) is -3.25. The molecule has 0 amide bonds. The molecule has 1 aromatic heterocycles. The summed E-state index contributed by atoms with van der Waals surface area (Å²) in [5.74, 6) is -0.0801. The number of nitrogens with two attached hydrogens (primary N) is 1. The molecule has 0 fully saturated rings. The summed E-state index contributed by atoms with van der Waals surface area (Å²) in [6, 6.07) is 0. The van der Waals surface area contributed by atoms with E-state index in [9.17, 15) is 8.42 Å². The first-order valence-corrected chi connectivity index (χ1v) is 8.38. The molecule has 0 radical (unpaired) electrons. The molecule has 0 bridgehead atoms. The van der Waals surface area contributed by atoms with E-state index in [4.69, 9.17) is 5.73 Å². The average molecular weight is 338 g/mol. The van der Waals surface area contributed by atoms with Gasteiger partial charge >= 0.3 is 0 Å². The Morgan fingerprint density at radius 2 is 2.00 bits per heavy atom. The van der Waals surface area contributed by atoms with Crippen LogP contribution in [-0.2, 0) is 22.1 Å². The molecule has 0 saturated carbocycles. The van der Waals surface area contributed by atoms with Crippen molar-refractivity contribution in [1.82, 2.24) is 9.78 Å². The second-order valence-corrected chi connectivity index (χ2v) is 8.04. The SMILES string of the molecule is CCn1nc(C)c(Br)c1CS(=O)(=O)CC(C)(C)N. The number of sulfone groups is 1. The van der Waals surface area contributed by atoms with Crippen molar-refractivity contribution < 1.29 is 8.42 Å². The third-order valence-corrected chi connectivity index (χ3v) is 5.33. The van der Waals surface area contributed by atoms with E-state index < -0.39 is 15.4 Å². The maximum absolute atomic E-state index is 12.1. The van der Waals surface area contributed by atoms with Crippen molar-refractivity contribution >= 4 is 25.8 Å². The molecule has 0 saturated heterocycles. The zero-order valence-corrected chi connectivity index (χ0v) is 13.6. The zero-order chi connectivity index (χ0) is 14.1. The quantitative estimate of drug-likeness (QED) is 0.885. The highest BCUT2D eigenvalue weighted by atomic mass is 79.9. The summed E-state index contributed by atoms with van der Waals surface area (Å²) in [6.07, 6.45) is 0. The van der Waals surface area contributed by atoms with E-state index >= 15 is 0 Å². The summed E-state index contributed by atoms with van der Waals surface area (Å²) >= 11 is 3.40. The minimum absolute atomic E-state index is 0.0388. The van der Waals surface area contributed by atoms with Crippen LogP contribution in [-0.4, -0.2) is 29.5 Å². The average Bonchev–Trinajstić information content (AvgIpc) is 2.41. The Morgan fingerprint density at radius 3 is 2.44 bits per heavy atom. The lowest BCUT2D eigenvalue weighted by molar-refractivity contribution is 0.540. The minimum Gasteiger partial charge on any atom is -0.325 e. The molecule has 7 heteroatoms. The second kappa shape index (κ2) is 5.30. The monoisotopic (exact) mass is 337 g/mol. The maximum atomic E-state index is 12.1. The Kier molecular flexibility index (Phi) is 4.61. The lowest BCUT2D eigenvalue weighted by Gasteiger charge is -2.18. The molecule has 0 aromatic carbocycles. The van der Waals surface area contributed by atoms with Crippen LogP contribution in [0.25, 0.3) is 0 Å². The molecule has 0 aliphatic carbocycles. The molecule has 104 valence electrons. The molecular weight excluding hydrogens is 318 g/mol. The third-order valence-electron chi connectivity index (χ3n) is 2.40. The van der Waals surface area contributed by atoms with Crippen LogP contribution in [0.1, 0.15) is 32.2 Å². The maximum Gasteiger partial charge on any atom is 0.157 e. The van der Waals surface area contributed by atoms with Crippen molar-refractivity contribution in [2.45, 2.75) is 45.5 Å². The van der Waals surface area contributed by atoms with Crippen molar-refractivity contribution in [2.75, 3.05) is 5.75 Å². The van der Waals surface area contributed by atoms with Gasteiger partial charge in [0.15, 0.2) is 9.84 Å². The van der Waals surface area contributed by atoms with E-state index in [1.54, 1.807) is 18.5 Å². The first-order chi connectivity index (χ1) is 8.06. The molecule has 0 atom stereocenters. The fourth-order valence-corrected chi connectivity index (χ4v) is 4.39. The second-order valence-electron chi connectivity index (χ2n) is 5.18. The molecule has 1 rings (SSSR count). The summed E-state index contributed by atoms with van der Waals surface area (Å²) in [5.41, 5.74) is 6.54. The molecule has 0 unspecified atom stereocenters. The smallest absolute Gasteiger partial charge is 0.157 e. The molecule has 1 aromatic rings. The van der Waals surface area contributed by atoms with E-state index in [0.717, 1.165) is 10.2 Å². The number of halogens is 1. The van der Waals surface area contributed by atoms with Crippen LogP contribution in [0.4, 0.5) is 0 Å². The minimum atomic E-state index is -3.25. The highest BCUT2D eigenvalue weighted by molar-refractivity contribution is 9.10. The van der Waals surface area contributed by atoms with Gasteiger partial charge in [-0.2, -0.15) is 5.10 Å². The molecule has 2 N–H and O–H groups in total. The third kappa shape index (κ3) is 4.07. The van der Waals surface area contributed by atoms with Gasteiger partial charge in [-0.05, 0) is 43.6 Å². The largest absolute Gasteiger partial charge is 0.325 e. The van der Waals surface area contributed by atoms with Gasteiger partial charge in [-0.25, -0.2) is 8.42 Å². The van der Waals surface area contributed by atoms with Crippen LogP contribution >= 0.6 is 15.9 Å². The van der Waals surface area contributed by atoms with E-state index in [2.05, 4.69) is 21.0 Å². The summed E-state index contributed by atoms with van der Waals surface area (Å²) in [5, 5.41) is 4.28. The predicted molar refractivity (Wildman–Crippen MR) is 76.1 cm³/mol. The van der Waals surface area contributed by atoms with Crippen molar-refractivity contribution in [3.8, 4) is 0 Å². The molecule has 0 spiro atoms. The normalized spacial score (nSPS) is 13.0. The molecule has 1 heterocycles. The number of nitrogens with zero attached hydrogens (tertiary/aromatic N) is 2. The number of rotatable bonds is 5. The molecule has 0 aliphatic rings. The van der Waals surface area contributed by atoms with Crippen molar-refractivity contribution in [3.05, 3.63) is 15.9 Å². The van der Waals surface area contributed by atoms with E-state index in [1.807, 2.05) is 13.8 Å². The molecule has 18 heavy (non-hydrogen) atoms. The van der Waals surface area contributed by atoms with Crippen LogP contribution in [0.2, 0.25) is 0 Å². The van der Waals surface area contributed by atoms with Crippen LogP contribution in [0, 0.1) is 6.92 Å². The first kappa shape index (κ1) is 15.7. The van der Waals surface area contributed by atoms with Gasteiger partial charge < -0.3 is 5.73 Å². The fraction of sp³-hybridized carbons (Fsp3) is 0.727. The van der Waals surface area contributed by atoms with Gasteiger partial charge in [0.1, 0.15) is 0 Å². The Morgan fingerprint density at radius 1 is 1.44 bits per heavy atom. The first-order valence-electron chi connectivity index (χ1n) is 5.77. The Balaban J connectivity index is 3.05. The number of aryl methyl sites for hydroxylation is 2.